The van der Waals surface area contributed by atoms with E-state index < -0.39 is 17.8 Å². The van der Waals surface area contributed by atoms with Crippen molar-refractivity contribution in [1.29, 1.82) is 5.26 Å². The molecule has 0 fully saturated rings. The number of ether oxygens (including phenoxy) is 1. The number of rotatable bonds is 5. The van der Waals surface area contributed by atoms with Gasteiger partial charge in [-0.2, -0.15) is 5.26 Å². The fraction of sp³-hybridized carbons (Fsp3) is 0.176. The first-order valence-electron chi connectivity index (χ1n) is 6.83. The Labute approximate surface area is 132 Å². The summed E-state index contributed by atoms with van der Waals surface area (Å²) in [5.41, 5.74) is 0.840. The Morgan fingerprint density at radius 3 is 2.87 bits per heavy atom. The van der Waals surface area contributed by atoms with E-state index >= 15 is 0 Å². The molecule has 0 saturated carbocycles. The highest BCUT2D eigenvalue weighted by Crippen LogP contribution is 2.19. The summed E-state index contributed by atoms with van der Waals surface area (Å²) in [6.45, 7) is -0.124. The Bertz CT molecular complexity index is 756. The number of nitrogens with one attached hydrogen (secondary N) is 1. The molecule has 2 aromatic rings. The summed E-state index contributed by atoms with van der Waals surface area (Å²) in [5.74, 6) is -0.678. The molecule has 1 unspecified atom stereocenters. The lowest BCUT2D eigenvalue weighted by Crippen LogP contribution is -2.29. The lowest BCUT2D eigenvalue weighted by Gasteiger charge is -2.13. The molecular formula is C17H15FN2O3. The molecule has 2 aromatic carbocycles. The minimum Gasteiger partial charge on any atom is -0.497 e. The largest absolute Gasteiger partial charge is 0.497 e. The monoisotopic (exact) mass is 314 g/mol. The predicted octanol–water partition coefficient (Wildman–Crippen LogP) is 2.06. The van der Waals surface area contributed by atoms with Crippen LogP contribution in [0.15, 0.2) is 42.5 Å². The van der Waals surface area contributed by atoms with E-state index in [0.29, 0.717) is 16.9 Å². The molecule has 1 atom stereocenters. The second kappa shape index (κ2) is 7.38. The number of aliphatic hydroxyl groups is 1. The maximum absolute atomic E-state index is 13.6. The number of carbonyl (C=O) groups is 1. The number of halogens is 1. The third kappa shape index (κ3) is 4.05. The fourth-order valence-electron chi connectivity index (χ4n) is 2.02. The van der Waals surface area contributed by atoms with Crippen LogP contribution in [-0.2, 0) is 11.3 Å². The van der Waals surface area contributed by atoms with Crippen LogP contribution in [0.4, 0.5) is 4.39 Å². The maximum Gasteiger partial charge on any atom is 0.253 e. The minimum absolute atomic E-state index is 0.124. The predicted molar refractivity (Wildman–Crippen MR) is 80.9 cm³/mol. The zero-order chi connectivity index (χ0) is 16.8. The van der Waals surface area contributed by atoms with Crippen LogP contribution in [0.1, 0.15) is 22.8 Å². The highest BCUT2D eigenvalue weighted by atomic mass is 19.1. The highest BCUT2D eigenvalue weighted by Gasteiger charge is 2.18. The van der Waals surface area contributed by atoms with Crippen molar-refractivity contribution in [3.8, 4) is 11.8 Å². The van der Waals surface area contributed by atoms with Crippen LogP contribution in [0.5, 0.6) is 5.75 Å². The van der Waals surface area contributed by atoms with Gasteiger partial charge in [-0.15, -0.1) is 0 Å². The number of methoxy groups -OCH3 is 1. The molecule has 118 valence electrons. The molecule has 0 aliphatic carbocycles. The Morgan fingerprint density at radius 1 is 1.39 bits per heavy atom. The number of aliphatic hydroxyl groups excluding tert-OH is 1. The summed E-state index contributed by atoms with van der Waals surface area (Å²) >= 11 is 0. The number of amides is 1. The zero-order valence-corrected chi connectivity index (χ0v) is 12.4. The van der Waals surface area contributed by atoms with Crippen molar-refractivity contribution in [2.75, 3.05) is 7.11 Å². The third-order valence-electron chi connectivity index (χ3n) is 3.29. The van der Waals surface area contributed by atoms with Crippen molar-refractivity contribution in [2.45, 2.75) is 12.6 Å². The van der Waals surface area contributed by atoms with Crippen LogP contribution in [0.25, 0.3) is 0 Å². The molecule has 5 nitrogen and oxygen atoms in total. The minimum atomic E-state index is -1.40. The van der Waals surface area contributed by atoms with Crippen molar-refractivity contribution >= 4 is 5.91 Å². The van der Waals surface area contributed by atoms with Gasteiger partial charge in [0.15, 0.2) is 6.10 Å². The molecule has 0 bridgehead atoms. The number of carbonyl (C=O) groups excluding carboxylic acids is 1. The quantitative estimate of drug-likeness (QED) is 0.885. The van der Waals surface area contributed by atoms with Crippen LogP contribution < -0.4 is 10.1 Å². The Kier molecular flexibility index (Phi) is 5.28. The van der Waals surface area contributed by atoms with Crippen molar-refractivity contribution in [3.63, 3.8) is 0 Å². The smallest absolute Gasteiger partial charge is 0.253 e. The van der Waals surface area contributed by atoms with E-state index in [9.17, 15) is 14.3 Å². The summed E-state index contributed by atoms with van der Waals surface area (Å²) in [4.78, 5) is 12.0. The second-order valence-electron chi connectivity index (χ2n) is 4.81. The molecule has 2 N–H and O–H groups in total. The summed E-state index contributed by atoms with van der Waals surface area (Å²) in [6.07, 6.45) is -1.40. The molecule has 0 heterocycles. The lowest BCUT2D eigenvalue weighted by molar-refractivity contribution is -0.129. The maximum atomic E-state index is 13.6. The molecular weight excluding hydrogens is 299 g/mol. The first-order chi connectivity index (χ1) is 11.0. The van der Waals surface area contributed by atoms with Gasteiger partial charge >= 0.3 is 0 Å². The van der Waals surface area contributed by atoms with Crippen LogP contribution in [0.3, 0.4) is 0 Å². The first kappa shape index (κ1) is 16.5. The molecule has 23 heavy (non-hydrogen) atoms. The standard InChI is InChI=1S/C17H15FN2O3/c1-23-14-4-2-3-12(8-14)16(21)17(22)20-10-13-7-11(9-19)5-6-15(13)18/h2-8,16,21H,10H2,1H3,(H,20,22). The van der Waals surface area contributed by atoms with Crippen molar-refractivity contribution in [1.82, 2.24) is 5.32 Å². The number of nitrogens with zero attached hydrogens (tertiary/aromatic N) is 1. The van der Waals surface area contributed by atoms with E-state index in [-0.39, 0.29) is 12.1 Å². The second-order valence-corrected chi connectivity index (χ2v) is 4.81. The first-order valence-corrected chi connectivity index (χ1v) is 6.83. The molecule has 2 rings (SSSR count). The summed E-state index contributed by atoms with van der Waals surface area (Å²) in [7, 11) is 1.48. The van der Waals surface area contributed by atoms with Gasteiger partial charge in [0.2, 0.25) is 0 Å². The summed E-state index contributed by atoms with van der Waals surface area (Å²) < 4.78 is 18.7. The van der Waals surface area contributed by atoms with E-state index in [0.717, 1.165) is 0 Å². The normalized spacial score (nSPS) is 11.4. The van der Waals surface area contributed by atoms with Crippen molar-refractivity contribution < 1.29 is 19.0 Å². The van der Waals surface area contributed by atoms with Crippen molar-refractivity contribution in [2.24, 2.45) is 0 Å². The Morgan fingerprint density at radius 2 is 2.17 bits per heavy atom. The molecule has 1 amide bonds. The van der Waals surface area contributed by atoms with Gasteiger partial charge in [-0.05, 0) is 35.9 Å². The summed E-state index contributed by atoms with van der Waals surface area (Å²) in [6, 6.07) is 12.2. The average Bonchev–Trinajstić information content (AvgIpc) is 2.60. The van der Waals surface area contributed by atoms with Crippen LogP contribution in [0.2, 0.25) is 0 Å². The van der Waals surface area contributed by atoms with E-state index in [2.05, 4.69) is 5.32 Å². The summed E-state index contributed by atoms with van der Waals surface area (Å²) in [5, 5.41) is 21.3. The molecule has 0 saturated heterocycles. The van der Waals surface area contributed by atoms with Crippen LogP contribution in [-0.4, -0.2) is 18.1 Å². The van der Waals surface area contributed by atoms with E-state index in [1.165, 1.54) is 25.3 Å². The van der Waals surface area contributed by atoms with Gasteiger partial charge in [0.1, 0.15) is 11.6 Å². The molecule has 0 aromatic heterocycles. The Hall–Kier alpha value is -2.91. The van der Waals surface area contributed by atoms with E-state index in [1.807, 2.05) is 6.07 Å². The number of benzene rings is 2. The van der Waals surface area contributed by atoms with Crippen molar-refractivity contribution in [3.05, 3.63) is 65.0 Å². The zero-order valence-electron chi connectivity index (χ0n) is 12.4. The van der Waals surface area contributed by atoms with Gasteiger partial charge in [-0.3, -0.25) is 4.79 Å². The van der Waals surface area contributed by atoms with Gasteiger partial charge < -0.3 is 15.2 Å². The molecule has 0 aliphatic heterocycles. The number of hydrogen-bond acceptors (Lipinski definition) is 4. The van der Waals surface area contributed by atoms with Crippen LogP contribution >= 0.6 is 0 Å². The van der Waals surface area contributed by atoms with Gasteiger partial charge in [0.05, 0.1) is 18.7 Å². The van der Waals surface area contributed by atoms with Gasteiger partial charge in [-0.25, -0.2) is 4.39 Å². The fourth-order valence-corrected chi connectivity index (χ4v) is 2.02. The van der Waals surface area contributed by atoms with Gasteiger partial charge in [0, 0.05) is 12.1 Å². The molecule has 6 heteroatoms. The average molecular weight is 314 g/mol. The Balaban J connectivity index is 2.06. The van der Waals surface area contributed by atoms with Gasteiger partial charge in [0.25, 0.3) is 5.91 Å². The highest BCUT2D eigenvalue weighted by molar-refractivity contribution is 5.82. The van der Waals surface area contributed by atoms with E-state index in [4.69, 9.17) is 10.00 Å². The molecule has 0 spiro atoms. The number of nitriles is 1. The van der Waals surface area contributed by atoms with E-state index in [1.54, 1.807) is 24.3 Å². The van der Waals surface area contributed by atoms with Crippen LogP contribution in [0, 0.1) is 17.1 Å². The number of hydrogen-bond donors (Lipinski definition) is 2. The van der Waals surface area contributed by atoms with Gasteiger partial charge in [-0.1, -0.05) is 12.1 Å². The third-order valence-corrected chi connectivity index (χ3v) is 3.29. The lowest BCUT2D eigenvalue weighted by atomic mass is 10.1. The topological polar surface area (TPSA) is 82.3 Å². The molecule has 0 aliphatic rings. The SMILES string of the molecule is COc1cccc(C(O)C(=O)NCc2cc(C#N)ccc2F)c1. The molecule has 0 radical (unpaired) electrons.